The highest BCUT2D eigenvalue weighted by Crippen LogP contribution is 2.16. The summed E-state index contributed by atoms with van der Waals surface area (Å²) < 4.78 is 16.7. The van der Waals surface area contributed by atoms with Crippen LogP contribution in [-0.4, -0.2) is 37.2 Å². The van der Waals surface area contributed by atoms with Crippen LogP contribution in [0.4, 0.5) is 0 Å². The van der Waals surface area contributed by atoms with E-state index in [4.69, 9.17) is 14.2 Å². The van der Waals surface area contributed by atoms with Crippen LogP contribution >= 0.6 is 0 Å². The molecule has 0 heterocycles. The van der Waals surface area contributed by atoms with Gasteiger partial charge in [-0.25, -0.2) is 0 Å². The third-order valence-electron chi connectivity index (χ3n) is 10.7. The lowest BCUT2D eigenvalue weighted by atomic mass is 10.0. The Labute approximate surface area is 364 Å². The summed E-state index contributed by atoms with van der Waals surface area (Å²) in [5.41, 5.74) is 0. The van der Waals surface area contributed by atoms with Gasteiger partial charge in [-0.2, -0.15) is 0 Å². The van der Waals surface area contributed by atoms with Gasteiger partial charge in [0.1, 0.15) is 13.2 Å². The monoisotopic (exact) mass is 825 g/mol. The summed E-state index contributed by atoms with van der Waals surface area (Å²) in [6, 6.07) is 0. The van der Waals surface area contributed by atoms with Gasteiger partial charge in [0.05, 0.1) is 0 Å². The average molecular weight is 825 g/mol. The highest BCUT2D eigenvalue weighted by Gasteiger charge is 2.19. The lowest BCUT2D eigenvalue weighted by Gasteiger charge is -2.18. The molecule has 0 saturated carbocycles. The largest absolute Gasteiger partial charge is 0.462 e. The van der Waals surface area contributed by atoms with Gasteiger partial charge in [-0.05, 0) is 32.1 Å². The van der Waals surface area contributed by atoms with Gasteiger partial charge >= 0.3 is 17.9 Å². The summed E-state index contributed by atoms with van der Waals surface area (Å²) in [5.74, 6) is -0.965. The standard InChI is InChI=1S/C53H92O6/c1-4-7-10-13-16-19-22-25-28-31-34-37-40-43-46-52(55)58-49-50(48-57-51(54)45-42-39-36-33-30-27-24-21-18-15-12-9-6-3)59-53(56)47-44-41-38-35-32-29-26-23-20-17-14-11-8-5-2/h9,12,15,18,21,24,27,30,33,36,50H,4-8,10-11,13-14,16-17,19-20,22-23,25-26,28-29,31-32,34-35,37-49H2,1-3H3/b12-9-,18-15-,24-21-,30-27-,36-33-. The van der Waals surface area contributed by atoms with Crippen LogP contribution in [0.1, 0.15) is 239 Å². The third-order valence-corrected chi connectivity index (χ3v) is 10.7. The molecule has 0 spiro atoms. The Morgan fingerprint density at radius 3 is 1.03 bits per heavy atom. The molecule has 0 amide bonds. The van der Waals surface area contributed by atoms with Crippen molar-refractivity contribution in [1.29, 1.82) is 0 Å². The second-order valence-electron chi connectivity index (χ2n) is 16.5. The second-order valence-corrected chi connectivity index (χ2v) is 16.5. The van der Waals surface area contributed by atoms with E-state index in [1.54, 1.807) is 0 Å². The summed E-state index contributed by atoms with van der Waals surface area (Å²) in [6.07, 6.45) is 57.8. The maximum atomic E-state index is 12.8. The van der Waals surface area contributed by atoms with E-state index in [1.165, 1.54) is 141 Å². The van der Waals surface area contributed by atoms with Crippen LogP contribution in [0.25, 0.3) is 0 Å². The summed E-state index contributed by atoms with van der Waals surface area (Å²) in [5, 5.41) is 0. The fourth-order valence-corrected chi connectivity index (χ4v) is 6.94. The van der Waals surface area contributed by atoms with Gasteiger partial charge in [0.25, 0.3) is 0 Å². The number of ether oxygens (including phenoxy) is 3. The van der Waals surface area contributed by atoms with Gasteiger partial charge in [-0.1, -0.05) is 248 Å². The molecule has 0 rings (SSSR count). The molecule has 0 aromatic rings. The molecule has 59 heavy (non-hydrogen) atoms. The summed E-state index contributed by atoms with van der Waals surface area (Å²) in [6.45, 7) is 6.44. The van der Waals surface area contributed by atoms with Crippen molar-refractivity contribution in [2.24, 2.45) is 0 Å². The zero-order valence-electron chi connectivity index (χ0n) is 38.8. The van der Waals surface area contributed by atoms with Crippen LogP contribution < -0.4 is 0 Å². The quantitative estimate of drug-likeness (QED) is 0.0263. The highest BCUT2D eigenvalue weighted by atomic mass is 16.6. The van der Waals surface area contributed by atoms with Crippen molar-refractivity contribution < 1.29 is 28.6 Å². The number of unbranched alkanes of at least 4 members (excludes halogenated alkanes) is 27. The molecule has 0 aromatic heterocycles. The van der Waals surface area contributed by atoms with Gasteiger partial charge in [0.2, 0.25) is 0 Å². The highest BCUT2D eigenvalue weighted by molar-refractivity contribution is 5.71. The normalized spacial score (nSPS) is 12.5. The molecule has 6 heteroatoms. The number of carbonyl (C=O) groups excluding carboxylic acids is 3. The predicted octanol–water partition coefficient (Wildman–Crippen LogP) is 16.1. The van der Waals surface area contributed by atoms with Crippen molar-refractivity contribution in [2.45, 2.75) is 245 Å². The Kier molecular flexibility index (Phi) is 45.4. The maximum Gasteiger partial charge on any atom is 0.306 e. The Morgan fingerprint density at radius 1 is 0.356 bits per heavy atom. The van der Waals surface area contributed by atoms with E-state index in [1.807, 2.05) is 54.7 Å². The molecule has 0 aliphatic carbocycles. The number of rotatable bonds is 44. The molecular formula is C53H92O6. The van der Waals surface area contributed by atoms with E-state index in [9.17, 15) is 14.4 Å². The smallest absolute Gasteiger partial charge is 0.306 e. The van der Waals surface area contributed by atoms with Gasteiger partial charge in [-0.15, -0.1) is 0 Å². The molecule has 0 saturated heterocycles. The summed E-state index contributed by atoms with van der Waals surface area (Å²) in [4.78, 5) is 37.9. The minimum atomic E-state index is -0.797. The minimum absolute atomic E-state index is 0.0933. The topological polar surface area (TPSA) is 78.9 Å². The van der Waals surface area contributed by atoms with E-state index in [0.717, 1.165) is 51.4 Å². The van der Waals surface area contributed by atoms with E-state index in [2.05, 4.69) is 26.8 Å². The first-order chi connectivity index (χ1) is 29.0. The molecule has 0 aliphatic heterocycles. The molecule has 0 radical (unpaired) electrons. The number of esters is 3. The zero-order chi connectivity index (χ0) is 43.0. The summed E-state index contributed by atoms with van der Waals surface area (Å²) in [7, 11) is 0. The van der Waals surface area contributed by atoms with E-state index in [-0.39, 0.29) is 37.5 Å². The molecular weight excluding hydrogens is 733 g/mol. The zero-order valence-corrected chi connectivity index (χ0v) is 38.8. The SMILES string of the molecule is CC\C=C/C=C\C=C/C=C\C=C/CCCC(=O)OCC(COC(=O)CCCCCCCCCCCCCCCC)OC(=O)CCCCCCCCCCCCCCCC. The van der Waals surface area contributed by atoms with Gasteiger partial charge in [-0.3, -0.25) is 14.4 Å². The van der Waals surface area contributed by atoms with Crippen LogP contribution in [0.5, 0.6) is 0 Å². The summed E-state index contributed by atoms with van der Waals surface area (Å²) >= 11 is 0. The first-order valence-electron chi connectivity index (χ1n) is 24.9. The molecule has 0 fully saturated rings. The molecule has 0 bridgehead atoms. The van der Waals surface area contributed by atoms with E-state index < -0.39 is 6.10 Å². The van der Waals surface area contributed by atoms with Crippen LogP contribution in [0.2, 0.25) is 0 Å². The first-order valence-corrected chi connectivity index (χ1v) is 24.9. The number of hydrogen-bond acceptors (Lipinski definition) is 6. The molecule has 1 atom stereocenters. The van der Waals surface area contributed by atoms with Crippen molar-refractivity contribution in [3.05, 3.63) is 60.8 Å². The Hall–Kier alpha value is -2.89. The predicted molar refractivity (Wildman–Crippen MR) is 251 cm³/mol. The third kappa shape index (κ3) is 46.0. The fourth-order valence-electron chi connectivity index (χ4n) is 6.94. The van der Waals surface area contributed by atoms with Gasteiger partial charge in [0.15, 0.2) is 6.10 Å². The van der Waals surface area contributed by atoms with Crippen molar-refractivity contribution in [2.75, 3.05) is 13.2 Å². The number of allylic oxidation sites excluding steroid dienone is 10. The van der Waals surface area contributed by atoms with Crippen LogP contribution in [0.3, 0.4) is 0 Å². The van der Waals surface area contributed by atoms with Crippen molar-refractivity contribution >= 4 is 17.9 Å². The first kappa shape index (κ1) is 56.1. The van der Waals surface area contributed by atoms with Crippen LogP contribution in [0.15, 0.2) is 60.8 Å². The van der Waals surface area contributed by atoms with Gasteiger partial charge in [0, 0.05) is 19.3 Å². The van der Waals surface area contributed by atoms with Crippen molar-refractivity contribution in [3.8, 4) is 0 Å². The Balaban J connectivity index is 4.45. The number of hydrogen-bond donors (Lipinski definition) is 0. The fraction of sp³-hybridized carbons (Fsp3) is 0.755. The van der Waals surface area contributed by atoms with Crippen LogP contribution in [-0.2, 0) is 28.6 Å². The average Bonchev–Trinajstić information content (AvgIpc) is 3.23. The lowest BCUT2D eigenvalue weighted by molar-refractivity contribution is -0.167. The molecule has 340 valence electrons. The molecule has 6 nitrogen and oxygen atoms in total. The number of carbonyl (C=O) groups is 3. The molecule has 0 aromatic carbocycles. The van der Waals surface area contributed by atoms with E-state index >= 15 is 0 Å². The Bertz CT molecular complexity index is 1090. The Morgan fingerprint density at radius 2 is 0.661 bits per heavy atom. The minimum Gasteiger partial charge on any atom is -0.462 e. The second kappa shape index (κ2) is 47.8. The van der Waals surface area contributed by atoms with Crippen molar-refractivity contribution in [1.82, 2.24) is 0 Å². The molecule has 0 N–H and O–H groups in total. The van der Waals surface area contributed by atoms with Crippen molar-refractivity contribution in [3.63, 3.8) is 0 Å². The maximum absolute atomic E-state index is 12.8. The van der Waals surface area contributed by atoms with Crippen LogP contribution in [0, 0.1) is 0 Å². The molecule has 0 aliphatic rings. The van der Waals surface area contributed by atoms with E-state index in [0.29, 0.717) is 19.3 Å². The lowest BCUT2D eigenvalue weighted by Crippen LogP contribution is -2.30. The van der Waals surface area contributed by atoms with Gasteiger partial charge < -0.3 is 14.2 Å². The molecule has 1 unspecified atom stereocenters.